The van der Waals surface area contributed by atoms with E-state index in [1.54, 1.807) is 25.0 Å². The molecule has 0 saturated carbocycles. The van der Waals surface area contributed by atoms with Crippen molar-refractivity contribution in [1.82, 2.24) is 4.90 Å². The molecule has 8 nitrogen and oxygen atoms in total. The SMILES string of the molecule is CCOCCOC(C)C(=O)N1CCc2cc(OC)c(OC)cc2C1CC(=O)O. The van der Waals surface area contributed by atoms with Gasteiger partial charge in [0.2, 0.25) is 0 Å². The van der Waals surface area contributed by atoms with Crippen LogP contribution >= 0.6 is 0 Å². The standard InChI is InChI=1S/C20H29NO7/c1-5-27-8-9-28-13(2)20(24)21-7-6-14-10-17(25-3)18(26-4)11-15(14)16(21)12-19(22)23/h10-11,13,16H,5-9,12H2,1-4H3,(H,22,23). The van der Waals surface area contributed by atoms with Gasteiger partial charge in [0.25, 0.3) is 5.91 Å². The van der Waals surface area contributed by atoms with E-state index in [9.17, 15) is 14.7 Å². The van der Waals surface area contributed by atoms with Crippen molar-refractivity contribution in [2.45, 2.75) is 38.8 Å². The third-order valence-electron chi connectivity index (χ3n) is 4.80. The molecule has 1 amide bonds. The number of hydrogen-bond donors (Lipinski definition) is 1. The Labute approximate surface area is 165 Å². The second kappa shape index (κ2) is 10.3. The van der Waals surface area contributed by atoms with E-state index in [-0.39, 0.29) is 12.3 Å². The van der Waals surface area contributed by atoms with Gasteiger partial charge in [0, 0.05) is 13.2 Å². The van der Waals surface area contributed by atoms with Gasteiger partial charge in [-0.25, -0.2) is 0 Å². The Morgan fingerprint density at radius 2 is 1.89 bits per heavy atom. The average molecular weight is 395 g/mol. The van der Waals surface area contributed by atoms with Crippen molar-refractivity contribution in [1.29, 1.82) is 0 Å². The summed E-state index contributed by atoms with van der Waals surface area (Å²) in [4.78, 5) is 26.0. The van der Waals surface area contributed by atoms with Gasteiger partial charge in [-0.05, 0) is 43.5 Å². The first-order valence-electron chi connectivity index (χ1n) is 9.39. The van der Waals surface area contributed by atoms with Crippen molar-refractivity contribution in [2.75, 3.05) is 40.6 Å². The Balaban J connectivity index is 2.26. The maximum Gasteiger partial charge on any atom is 0.305 e. The van der Waals surface area contributed by atoms with Crippen LogP contribution in [0.25, 0.3) is 0 Å². The molecule has 0 aromatic heterocycles. The molecule has 0 spiro atoms. The molecule has 2 unspecified atom stereocenters. The molecular formula is C20H29NO7. The third-order valence-corrected chi connectivity index (χ3v) is 4.80. The lowest BCUT2D eigenvalue weighted by molar-refractivity contribution is -0.149. The van der Waals surface area contributed by atoms with Gasteiger partial charge in [0.15, 0.2) is 11.5 Å². The van der Waals surface area contributed by atoms with Gasteiger partial charge < -0.3 is 29.0 Å². The molecule has 1 N–H and O–H groups in total. The van der Waals surface area contributed by atoms with E-state index in [0.29, 0.717) is 44.3 Å². The summed E-state index contributed by atoms with van der Waals surface area (Å²) >= 11 is 0. The first-order valence-corrected chi connectivity index (χ1v) is 9.39. The highest BCUT2D eigenvalue weighted by atomic mass is 16.5. The molecule has 1 aliphatic heterocycles. The van der Waals surface area contributed by atoms with Gasteiger partial charge in [-0.3, -0.25) is 9.59 Å². The molecular weight excluding hydrogens is 366 g/mol. The summed E-state index contributed by atoms with van der Waals surface area (Å²) in [6.07, 6.45) is -0.276. The number of aliphatic carboxylic acids is 1. The van der Waals surface area contributed by atoms with Gasteiger partial charge in [0.05, 0.1) is 39.9 Å². The molecule has 156 valence electrons. The minimum Gasteiger partial charge on any atom is -0.493 e. The van der Waals surface area contributed by atoms with Crippen molar-refractivity contribution in [2.24, 2.45) is 0 Å². The van der Waals surface area contributed by atoms with Crippen LogP contribution in [0.1, 0.15) is 37.4 Å². The maximum absolute atomic E-state index is 13.0. The van der Waals surface area contributed by atoms with E-state index in [1.165, 1.54) is 7.11 Å². The molecule has 0 radical (unpaired) electrons. The fourth-order valence-corrected chi connectivity index (χ4v) is 3.41. The predicted molar refractivity (Wildman–Crippen MR) is 102 cm³/mol. The highest BCUT2D eigenvalue weighted by Gasteiger charge is 2.35. The molecule has 0 aliphatic carbocycles. The highest BCUT2D eigenvalue weighted by molar-refractivity contribution is 5.82. The van der Waals surface area contributed by atoms with E-state index >= 15 is 0 Å². The van der Waals surface area contributed by atoms with Crippen molar-refractivity contribution in [3.8, 4) is 11.5 Å². The number of rotatable bonds is 10. The topological polar surface area (TPSA) is 94.5 Å². The molecule has 1 aromatic rings. The number of fused-ring (bicyclic) bond motifs is 1. The molecule has 8 heteroatoms. The average Bonchev–Trinajstić information content (AvgIpc) is 2.69. The number of benzene rings is 1. The third kappa shape index (κ3) is 5.14. The number of hydrogen-bond acceptors (Lipinski definition) is 6. The smallest absolute Gasteiger partial charge is 0.305 e. The minimum absolute atomic E-state index is 0.195. The Hall–Kier alpha value is -2.32. The summed E-state index contributed by atoms with van der Waals surface area (Å²) < 4.78 is 21.5. The van der Waals surface area contributed by atoms with E-state index in [1.807, 2.05) is 13.0 Å². The zero-order valence-electron chi connectivity index (χ0n) is 16.9. The number of amides is 1. The monoisotopic (exact) mass is 395 g/mol. The fraction of sp³-hybridized carbons (Fsp3) is 0.600. The normalized spacial score (nSPS) is 17.0. The summed E-state index contributed by atoms with van der Waals surface area (Å²) in [6, 6.07) is 3.03. The number of carboxylic acid groups (broad SMARTS) is 1. The molecule has 1 heterocycles. The van der Waals surface area contributed by atoms with E-state index in [2.05, 4.69) is 0 Å². The number of nitrogens with zero attached hydrogens (tertiary/aromatic N) is 1. The Bertz CT molecular complexity index is 691. The minimum atomic E-state index is -0.977. The molecule has 0 fully saturated rings. The number of ether oxygens (including phenoxy) is 4. The van der Waals surface area contributed by atoms with Crippen LogP contribution in [0.15, 0.2) is 12.1 Å². The Kier molecular flexibility index (Phi) is 8.07. The summed E-state index contributed by atoms with van der Waals surface area (Å²) in [6.45, 7) is 5.28. The quantitative estimate of drug-likeness (QED) is 0.606. The molecule has 1 aliphatic rings. The number of carbonyl (C=O) groups is 2. The molecule has 0 bridgehead atoms. The second-order valence-electron chi connectivity index (χ2n) is 6.51. The molecule has 1 aromatic carbocycles. The first kappa shape index (κ1) is 22.0. The predicted octanol–water partition coefficient (Wildman–Crippen LogP) is 2.05. The lowest BCUT2D eigenvalue weighted by atomic mass is 9.89. The molecule has 2 atom stereocenters. The van der Waals surface area contributed by atoms with Gasteiger partial charge in [0.1, 0.15) is 6.10 Å². The van der Waals surface area contributed by atoms with Crippen LogP contribution in [0, 0.1) is 0 Å². The van der Waals surface area contributed by atoms with Crippen LogP contribution in [0.2, 0.25) is 0 Å². The van der Waals surface area contributed by atoms with Gasteiger partial charge >= 0.3 is 5.97 Å². The van der Waals surface area contributed by atoms with Gasteiger partial charge in [-0.15, -0.1) is 0 Å². The fourth-order valence-electron chi connectivity index (χ4n) is 3.41. The van der Waals surface area contributed by atoms with E-state index < -0.39 is 18.1 Å². The highest BCUT2D eigenvalue weighted by Crippen LogP contribution is 2.39. The van der Waals surface area contributed by atoms with Crippen molar-refractivity contribution < 1.29 is 33.6 Å². The summed E-state index contributed by atoms with van der Waals surface area (Å²) in [5, 5.41) is 9.42. The first-order chi connectivity index (χ1) is 13.4. The lowest BCUT2D eigenvalue weighted by Gasteiger charge is -2.38. The van der Waals surface area contributed by atoms with Crippen LogP contribution in [0.4, 0.5) is 0 Å². The Morgan fingerprint density at radius 1 is 1.21 bits per heavy atom. The zero-order valence-corrected chi connectivity index (χ0v) is 16.9. The maximum atomic E-state index is 13.0. The number of carboxylic acids is 1. The van der Waals surface area contributed by atoms with Crippen LogP contribution in [0.3, 0.4) is 0 Å². The molecule has 2 rings (SSSR count). The number of methoxy groups -OCH3 is 2. The van der Waals surface area contributed by atoms with Crippen molar-refractivity contribution in [3.05, 3.63) is 23.3 Å². The Morgan fingerprint density at radius 3 is 2.50 bits per heavy atom. The van der Waals surface area contributed by atoms with Gasteiger partial charge in [-0.2, -0.15) is 0 Å². The van der Waals surface area contributed by atoms with Crippen LogP contribution in [0.5, 0.6) is 11.5 Å². The summed E-state index contributed by atoms with van der Waals surface area (Å²) in [5.41, 5.74) is 1.72. The van der Waals surface area contributed by atoms with Crippen LogP contribution in [-0.4, -0.2) is 68.6 Å². The van der Waals surface area contributed by atoms with E-state index in [0.717, 1.165) is 11.1 Å². The number of carbonyl (C=O) groups excluding carboxylic acids is 1. The van der Waals surface area contributed by atoms with Crippen molar-refractivity contribution in [3.63, 3.8) is 0 Å². The van der Waals surface area contributed by atoms with Crippen LogP contribution < -0.4 is 9.47 Å². The molecule has 0 saturated heterocycles. The lowest BCUT2D eigenvalue weighted by Crippen LogP contribution is -2.46. The van der Waals surface area contributed by atoms with Crippen LogP contribution in [-0.2, 0) is 25.5 Å². The largest absolute Gasteiger partial charge is 0.493 e. The second-order valence-corrected chi connectivity index (χ2v) is 6.51. The zero-order chi connectivity index (χ0) is 20.7. The van der Waals surface area contributed by atoms with E-state index in [4.69, 9.17) is 18.9 Å². The van der Waals surface area contributed by atoms with Gasteiger partial charge in [-0.1, -0.05) is 0 Å². The summed E-state index contributed by atoms with van der Waals surface area (Å²) in [5.74, 6) is -0.117. The molecule has 28 heavy (non-hydrogen) atoms. The summed E-state index contributed by atoms with van der Waals surface area (Å²) in [7, 11) is 3.08. The van der Waals surface area contributed by atoms with Crippen molar-refractivity contribution >= 4 is 11.9 Å².